The summed E-state index contributed by atoms with van der Waals surface area (Å²) in [6.07, 6.45) is 0.0377. The lowest BCUT2D eigenvalue weighted by molar-refractivity contribution is -0.147. The standard InChI is InChI=1S/C19H19NO6/c1-24-19(23)14-7-9-15(10-8-14)20-17(21)13-26-18(22)11-12-25-16-5-3-2-4-6-16/h2-10H,11-13H2,1H3,(H,20,21). The number of esters is 2. The zero-order chi connectivity index (χ0) is 18.8. The summed E-state index contributed by atoms with van der Waals surface area (Å²) in [5.41, 5.74) is 0.849. The van der Waals surface area contributed by atoms with Gasteiger partial charge in [0.15, 0.2) is 6.61 Å². The maximum absolute atomic E-state index is 11.8. The first-order valence-electron chi connectivity index (χ1n) is 7.90. The monoisotopic (exact) mass is 357 g/mol. The van der Waals surface area contributed by atoms with Crippen molar-refractivity contribution in [3.63, 3.8) is 0 Å². The molecule has 1 N–H and O–H groups in total. The maximum Gasteiger partial charge on any atom is 0.337 e. The molecule has 2 aromatic carbocycles. The van der Waals surface area contributed by atoms with Crippen LogP contribution < -0.4 is 10.1 Å². The zero-order valence-corrected chi connectivity index (χ0v) is 14.3. The molecule has 0 aliphatic rings. The van der Waals surface area contributed by atoms with E-state index in [1.165, 1.54) is 19.2 Å². The summed E-state index contributed by atoms with van der Waals surface area (Å²) in [5.74, 6) is -0.812. The van der Waals surface area contributed by atoms with Crippen LogP contribution in [0.1, 0.15) is 16.8 Å². The number of methoxy groups -OCH3 is 1. The fourth-order valence-corrected chi connectivity index (χ4v) is 1.99. The van der Waals surface area contributed by atoms with Crippen molar-refractivity contribution in [3.05, 3.63) is 60.2 Å². The third-order valence-corrected chi connectivity index (χ3v) is 3.27. The zero-order valence-electron chi connectivity index (χ0n) is 14.3. The first-order valence-corrected chi connectivity index (χ1v) is 7.90. The van der Waals surface area contributed by atoms with Crippen molar-refractivity contribution in [2.45, 2.75) is 6.42 Å². The van der Waals surface area contributed by atoms with Crippen molar-refractivity contribution in [3.8, 4) is 5.75 Å². The smallest absolute Gasteiger partial charge is 0.337 e. The molecule has 7 heteroatoms. The van der Waals surface area contributed by atoms with E-state index in [-0.39, 0.29) is 13.0 Å². The molecule has 2 aromatic rings. The molecule has 0 unspecified atom stereocenters. The van der Waals surface area contributed by atoms with Crippen molar-refractivity contribution in [2.24, 2.45) is 0 Å². The summed E-state index contributed by atoms with van der Waals surface area (Å²) < 4.78 is 14.9. The first kappa shape index (κ1) is 19.0. The van der Waals surface area contributed by atoms with Crippen LogP contribution in [-0.2, 0) is 19.1 Å². The Morgan fingerprint density at radius 2 is 1.65 bits per heavy atom. The van der Waals surface area contributed by atoms with E-state index in [0.717, 1.165) is 0 Å². The molecule has 0 bridgehead atoms. The minimum Gasteiger partial charge on any atom is -0.493 e. The lowest BCUT2D eigenvalue weighted by Crippen LogP contribution is -2.21. The number of nitrogens with one attached hydrogen (secondary N) is 1. The van der Waals surface area contributed by atoms with Gasteiger partial charge in [0.25, 0.3) is 5.91 Å². The largest absolute Gasteiger partial charge is 0.493 e. The van der Waals surface area contributed by atoms with Gasteiger partial charge in [-0.2, -0.15) is 0 Å². The van der Waals surface area contributed by atoms with Gasteiger partial charge in [0, 0.05) is 5.69 Å². The second kappa shape index (κ2) is 9.83. The molecule has 2 rings (SSSR count). The Labute approximate surface area is 150 Å². The fourth-order valence-electron chi connectivity index (χ4n) is 1.99. The fraction of sp³-hybridized carbons (Fsp3) is 0.211. The molecule has 7 nitrogen and oxygen atoms in total. The predicted octanol–water partition coefficient (Wildman–Crippen LogP) is 2.42. The van der Waals surface area contributed by atoms with Crippen molar-refractivity contribution in [1.82, 2.24) is 0 Å². The quantitative estimate of drug-likeness (QED) is 0.730. The molecule has 0 radical (unpaired) electrons. The summed E-state index contributed by atoms with van der Waals surface area (Å²) >= 11 is 0. The van der Waals surface area contributed by atoms with Crippen LogP contribution in [-0.4, -0.2) is 38.2 Å². The Morgan fingerprint density at radius 1 is 0.962 bits per heavy atom. The highest BCUT2D eigenvalue weighted by Crippen LogP contribution is 2.11. The van der Waals surface area contributed by atoms with Crippen LogP contribution >= 0.6 is 0 Å². The van der Waals surface area contributed by atoms with E-state index in [9.17, 15) is 14.4 Å². The maximum atomic E-state index is 11.8. The molecule has 1 amide bonds. The number of hydrogen-bond acceptors (Lipinski definition) is 6. The second-order valence-corrected chi connectivity index (χ2v) is 5.19. The number of benzene rings is 2. The van der Waals surface area contributed by atoms with Gasteiger partial charge in [0.05, 0.1) is 25.7 Å². The van der Waals surface area contributed by atoms with Gasteiger partial charge in [-0.1, -0.05) is 18.2 Å². The van der Waals surface area contributed by atoms with Crippen LogP contribution in [0.4, 0.5) is 5.69 Å². The number of para-hydroxylation sites is 1. The van der Waals surface area contributed by atoms with E-state index in [0.29, 0.717) is 17.0 Å². The summed E-state index contributed by atoms with van der Waals surface area (Å²) in [6, 6.07) is 15.2. The van der Waals surface area contributed by atoms with Crippen LogP contribution in [0.2, 0.25) is 0 Å². The number of carbonyl (C=O) groups is 3. The van der Waals surface area contributed by atoms with Gasteiger partial charge >= 0.3 is 11.9 Å². The molecular formula is C19H19NO6. The summed E-state index contributed by atoms with van der Waals surface area (Å²) in [7, 11) is 1.29. The summed E-state index contributed by atoms with van der Waals surface area (Å²) in [4.78, 5) is 34.7. The predicted molar refractivity (Wildman–Crippen MR) is 93.9 cm³/mol. The van der Waals surface area contributed by atoms with Gasteiger partial charge in [-0.25, -0.2) is 4.79 Å². The third kappa shape index (κ3) is 6.27. The Hall–Kier alpha value is -3.35. The Kier molecular flexibility index (Phi) is 7.17. The average Bonchev–Trinajstić information content (AvgIpc) is 2.67. The SMILES string of the molecule is COC(=O)c1ccc(NC(=O)COC(=O)CCOc2ccccc2)cc1. The first-order chi connectivity index (χ1) is 12.6. The third-order valence-electron chi connectivity index (χ3n) is 3.27. The number of anilines is 1. The van der Waals surface area contributed by atoms with E-state index >= 15 is 0 Å². The molecule has 0 aromatic heterocycles. The van der Waals surface area contributed by atoms with E-state index in [4.69, 9.17) is 9.47 Å². The topological polar surface area (TPSA) is 90.9 Å². The number of carbonyl (C=O) groups excluding carboxylic acids is 3. The van der Waals surface area contributed by atoms with Crippen LogP contribution in [0.25, 0.3) is 0 Å². The normalized spacial score (nSPS) is 9.88. The van der Waals surface area contributed by atoms with Crippen LogP contribution in [0, 0.1) is 0 Å². The number of hydrogen-bond donors (Lipinski definition) is 1. The van der Waals surface area contributed by atoms with Gasteiger partial charge in [0.2, 0.25) is 0 Å². The molecule has 26 heavy (non-hydrogen) atoms. The van der Waals surface area contributed by atoms with Gasteiger partial charge in [-0.15, -0.1) is 0 Å². The molecule has 0 atom stereocenters. The van der Waals surface area contributed by atoms with Crippen LogP contribution in [0.3, 0.4) is 0 Å². The molecule has 0 aliphatic carbocycles. The molecular weight excluding hydrogens is 338 g/mol. The highest BCUT2D eigenvalue weighted by molar-refractivity contribution is 5.94. The Morgan fingerprint density at radius 3 is 2.31 bits per heavy atom. The highest BCUT2D eigenvalue weighted by atomic mass is 16.5. The lowest BCUT2D eigenvalue weighted by Gasteiger charge is -2.08. The van der Waals surface area contributed by atoms with Gasteiger partial charge < -0.3 is 19.5 Å². The molecule has 0 saturated carbocycles. The molecule has 0 aliphatic heterocycles. The van der Waals surface area contributed by atoms with E-state index in [1.54, 1.807) is 24.3 Å². The van der Waals surface area contributed by atoms with Gasteiger partial charge in [0.1, 0.15) is 5.75 Å². The minimum absolute atomic E-state index is 0.0377. The summed E-state index contributed by atoms with van der Waals surface area (Å²) in [6.45, 7) is -0.234. The summed E-state index contributed by atoms with van der Waals surface area (Å²) in [5, 5.41) is 2.56. The number of rotatable bonds is 8. The minimum atomic E-state index is -0.530. The van der Waals surface area contributed by atoms with E-state index < -0.39 is 24.5 Å². The number of ether oxygens (including phenoxy) is 3. The second-order valence-electron chi connectivity index (χ2n) is 5.19. The molecule has 0 heterocycles. The average molecular weight is 357 g/mol. The molecule has 0 spiro atoms. The van der Waals surface area contributed by atoms with Crippen molar-refractivity contribution >= 4 is 23.5 Å². The van der Waals surface area contributed by atoms with Crippen LogP contribution in [0.5, 0.6) is 5.75 Å². The highest BCUT2D eigenvalue weighted by Gasteiger charge is 2.09. The Balaban J connectivity index is 1.67. The lowest BCUT2D eigenvalue weighted by atomic mass is 10.2. The Bertz CT molecular complexity index is 742. The van der Waals surface area contributed by atoms with Crippen molar-refractivity contribution < 1.29 is 28.6 Å². The molecule has 0 fully saturated rings. The molecule has 136 valence electrons. The van der Waals surface area contributed by atoms with Gasteiger partial charge in [-0.05, 0) is 36.4 Å². The van der Waals surface area contributed by atoms with Crippen molar-refractivity contribution in [1.29, 1.82) is 0 Å². The molecule has 0 saturated heterocycles. The van der Waals surface area contributed by atoms with Crippen LogP contribution in [0.15, 0.2) is 54.6 Å². The van der Waals surface area contributed by atoms with E-state index in [2.05, 4.69) is 10.1 Å². The van der Waals surface area contributed by atoms with Gasteiger partial charge in [-0.3, -0.25) is 9.59 Å². The van der Waals surface area contributed by atoms with Crippen molar-refractivity contribution in [2.75, 3.05) is 25.6 Å². The van der Waals surface area contributed by atoms with E-state index in [1.807, 2.05) is 18.2 Å². The number of amides is 1.